The summed E-state index contributed by atoms with van der Waals surface area (Å²) in [6.45, 7) is 4.52. The van der Waals surface area contributed by atoms with Crippen LogP contribution in [0.25, 0.3) is 11.1 Å². The Balaban J connectivity index is 1.56. The van der Waals surface area contributed by atoms with Gasteiger partial charge >= 0.3 is 6.09 Å². The molecule has 2 heterocycles. The van der Waals surface area contributed by atoms with Crippen LogP contribution in [0.15, 0.2) is 48.5 Å². The van der Waals surface area contributed by atoms with E-state index < -0.39 is 0 Å². The molecule has 152 valence electrons. The third-order valence-electron chi connectivity index (χ3n) is 5.57. The van der Waals surface area contributed by atoms with Gasteiger partial charge in [-0.3, -0.25) is 4.79 Å². The standard InChI is InChI=1S/C23H27N3O3/c27-22(25-12-4-5-13-25)21-16-19(18-6-2-1-3-7-18)8-9-20(21)17-29-23(28)26-14-10-24-11-15-26/h1-3,6-9,16,24H,4-5,10-15,17H2. The summed E-state index contributed by atoms with van der Waals surface area (Å²) in [6, 6.07) is 15.8. The van der Waals surface area contributed by atoms with Gasteiger partial charge in [0.25, 0.3) is 5.91 Å². The maximum absolute atomic E-state index is 13.2. The van der Waals surface area contributed by atoms with Crippen molar-refractivity contribution < 1.29 is 14.3 Å². The normalized spacial score (nSPS) is 16.7. The Hall–Kier alpha value is -2.86. The number of piperazine rings is 1. The largest absolute Gasteiger partial charge is 0.445 e. The number of rotatable bonds is 4. The quantitative estimate of drug-likeness (QED) is 0.867. The van der Waals surface area contributed by atoms with Gasteiger partial charge in [0.05, 0.1) is 0 Å². The maximum Gasteiger partial charge on any atom is 0.410 e. The molecule has 2 saturated heterocycles. The fraction of sp³-hybridized carbons (Fsp3) is 0.391. The molecule has 2 aromatic carbocycles. The van der Waals surface area contributed by atoms with Crippen LogP contribution in [-0.4, -0.2) is 61.1 Å². The van der Waals surface area contributed by atoms with Crippen molar-refractivity contribution >= 4 is 12.0 Å². The van der Waals surface area contributed by atoms with E-state index in [-0.39, 0.29) is 18.6 Å². The smallest absolute Gasteiger partial charge is 0.410 e. The zero-order valence-electron chi connectivity index (χ0n) is 16.6. The molecule has 0 unspecified atom stereocenters. The molecule has 2 amide bonds. The van der Waals surface area contributed by atoms with Crippen LogP contribution in [0.2, 0.25) is 0 Å². The fourth-order valence-electron chi connectivity index (χ4n) is 3.88. The lowest BCUT2D eigenvalue weighted by molar-refractivity contribution is 0.0775. The second-order valence-corrected chi connectivity index (χ2v) is 7.53. The third kappa shape index (κ3) is 4.59. The molecule has 0 bridgehead atoms. The van der Waals surface area contributed by atoms with Gasteiger partial charge in [0.15, 0.2) is 0 Å². The number of amides is 2. The summed E-state index contributed by atoms with van der Waals surface area (Å²) in [6.07, 6.45) is 1.76. The molecule has 0 atom stereocenters. The topological polar surface area (TPSA) is 61.9 Å². The third-order valence-corrected chi connectivity index (χ3v) is 5.57. The van der Waals surface area contributed by atoms with E-state index in [2.05, 4.69) is 5.32 Å². The molecule has 2 fully saturated rings. The van der Waals surface area contributed by atoms with E-state index >= 15 is 0 Å². The van der Waals surface area contributed by atoms with Crippen LogP contribution in [0.5, 0.6) is 0 Å². The van der Waals surface area contributed by atoms with Crippen LogP contribution < -0.4 is 5.32 Å². The van der Waals surface area contributed by atoms with Gasteiger partial charge in [0.1, 0.15) is 6.61 Å². The Morgan fingerprint density at radius 3 is 2.31 bits per heavy atom. The average Bonchev–Trinajstić information content (AvgIpc) is 3.33. The Morgan fingerprint density at radius 2 is 1.59 bits per heavy atom. The highest BCUT2D eigenvalue weighted by Crippen LogP contribution is 2.25. The molecule has 1 N–H and O–H groups in total. The zero-order valence-corrected chi connectivity index (χ0v) is 16.6. The zero-order chi connectivity index (χ0) is 20.1. The number of carbonyl (C=O) groups is 2. The molecule has 0 spiro atoms. The van der Waals surface area contributed by atoms with Crippen LogP contribution in [0.1, 0.15) is 28.8 Å². The van der Waals surface area contributed by atoms with Gasteiger partial charge < -0.3 is 19.9 Å². The number of carbonyl (C=O) groups excluding carboxylic acids is 2. The number of likely N-dealkylation sites (tertiary alicyclic amines) is 1. The van der Waals surface area contributed by atoms with Gasteiger partial charge in [-0.05, 0) is 30.0 Å². The van der Waals surface area contributed by atoms with E-state index in [9.17, 15) is 9.59 Å². The molecule has 2 aliphatic heterocycles. The Morgan fingerprint density at radius 1 is 0.862 bits per heavy atom. The summed E-state index contributed by atoms with van der Waals surface area (Å²) in [4.78, 5) is 29.1. The van der Waals surface area contributed by atoms with E-state index in [4.69, 9.17) is 4.74 Å². The number of hydrogen-bond donors (Lipinski definition) is 1. The molecule has 6 nitrogen and oxygen atoms in total. The van der Waals surface area contributed by atoms with Crippen molar-refractivity contribution in [1.82, 2.24) is 15.1 Å². The Kier molecular flexibility index (Phi) is 6.10. The van der Waals surface area contributed by atoms with Crippen molar-refractivity contribution in [2.45, 2.75) is 19.4 Å². The van der Waals surface area contributed by atoms with E-state index in [0.717, 1.165) is 55.7 Å². The van der Waals surface area contributed by atoms with Gasteiger partial charge in [-0.2, -0.15) is 0 Å². The molecule has 0 radical (unpaired) electrons. The van der Waals surface area contributed by atoms with Gasteiger partial charge in [-0.25, -0.2) is 4.79 Å². The molecular formula is C23H27N3O3. The van der Waals surface area contributed by atoms with Crippen molar-refractivity contribution in [2.75, 3.05) is 39.3 Å². The summed E-state index contributed by atoms with van der Waals surface area (Å²) in [7, 11) is 0. The first-order valence-electron chi connectivity index (χ1n) is 10.3. The number of ether oxygens (including phenoxy) is 1. The van der Waals surface area contributed by atoms with Gasteiger partial charge in [-0.15, -0.1) is 0 Å². The lowest BCUT2D eigenvalue weighted by Gasteiger charge is -2.26. The predicted molar refractivity (Wildman–Crippen MR) is 112 cm³/mol. The highest BCUT2D eigenvalue weighted by atomic mass is 16.6. The molecule has 0 aliphatic carbocycles. The van der Waals surface area contributed by atoms with Crippen molar-refractivity contribution in [3.63, 3.8) is 0 Å². The van der Waals surface area contributed by atoms with Crippen molar-refractivity contribution in [1.29, 1.82) is 0 Å². The first-order chi connectivity index (χ1) is 14.2. The lowest BCUT2D eigenvalue weighted by Crippen LogP contribution is -2.46. The molecule has 2 aliphatic rings. The average molecular weight is 393 g/mol. The SMILES string of the molecule is O=C(OCc1ccc(-c2ccccc2)cc1C(=O)N1CCCC1)N1CCNCC1. The summed E-state index contributed by atoms with van der Waals surface area (Å²) >= 11 is 0. The minimum atomic E-state index is -0.321. The Labute approximate surface area is 171 Å². The van der Waals surface area contributed by atoms with Crippen LogP contribution in [0, 0.1) is 0 Å². The summed E-state index contributed by atoms with van der Waals surface area (Å²) in [5.74, 6) is 0.0218. The number of nitrogens with zero attached hydrogens (tertiary/aromatic N) is 2. The number of benzene rings is 2. The van der Waals surface area contributed by atoms with Crippen LogP contribution in [0.3, 0.4) is 0 Å². The summed E-state index contributed by atoms with van der Waals surface area (Å²) < 4.78 is 5.56. The molecule has 0 saturated carbocycles. The van der Waals surface area contributed by atoms with Crippen molar-refractivity contribution in [3.8, 4) is 11.1 Å². The number of nitrogens with one attached hydrogen (secondary N) is 1. The maximum atomic E-state index is 13.2. The van der Waals surface area contributed by atoms with E-state index in [1.807, 2.05) is 53.4 Å². The molecule has 4 rings (SSSR count). The van der Waals surface area contributed by atoms with Crippen LogP contribution >= 0.6 is 0 Å². The molecule has 0 aromatic heterocycles. The summed E-state index contributed by atoms with van der Waals surface area (Å²) in [5, 5.41) is 3.22. The minimum absolute atomic E-state index is 0.0218. The minimum Gasteiger partial charge on any atom is -0.445 e. The predicted octanol–water partition coefficient (Wildman–Crippen LogP) is 3.13. The molecule has 29 heavy (non-hydrogen) atoms. The van der Waals surface area contributed by atoms with E-state index in [1.54, 1.807) is 4.90 Å². The first kappa shape index (κ1) is 19.5. The van der Waals surface area contributed by atoms with Crippen LogP contribution in [-0.2, 0) is 11.3 Å². The van der Waals surface area contributed by atoms with Gasteiger partial charge in [0, 0.05) is 50.4 Å². The van der Waals surface area contributed by atoms with Gasteiger partial charge in [0.2, 0.25) is 0 Å². The Bertz CT molecular complexity index is 857. The second kappa shape index (κ2) is 9.09. The van der Waals surface area contributed by atoms with E-state index in [1.165, 1.54) is 0 Å². The van der Waals surface area contributed by atoms with Gasteiger partial charge in [-0.1, -0.05) is 42.5 Å². The fourth-order valence-corrected chi connectivity index (χ4v) is 3.88. The second-order valence-electron chi connectivity index (χ2n) is 7.53. The van der Waals surface area contributed by atoms with Crippen LogP contribution in [0.4, 0.5) is 4.79 Å². The highest BCUT2D eigenvalue weighted by Gasteiger charge is 2.24. The summed E-state index contributed by atoms with van der Waals surface area (Å²) in [5.41, 5.74) is 3.43. The first-order valence-corrected chi connectivity index (χ1v) is 10.3. The highest BCUT2D eigenvalue weighted by molar-refractivity contribution is 5.97. The van der Waals surface area contributed by atoms with Crippen molar-refractivity contribution in [2.24, 2.45) is 0 Å². The van der Waals surface area contributed by atoms with E-state index in [0.29, 0.717) is 18.7 Å². The monoisotopic (exact) mass is 393 g/mol. The molecular weight excluding hydrogens is 366 g/mol. The molecule has 6 heteroatoms. The molecule has 2 aromatic rings. The number of hydrogen-bond acceptors (Lipinski definition) is 4. The van der Waals surface area contributed by atoms with Crippen molar-refractivity contribution in [3.05, 3.63) is 59.7 Å². The lowest BCUT2D eigenvalue weighted by atomic mass is 9.98.